The topological polar surface area (TPSA) is 145 Å². The maximum Gasteiger partial charge on any atom is 0.240 e. The standard InChI is InChI=1S/C29H33N5O3/c1-20(35)22-16-14-21(15-17-22)19-34(25(27(30)36)13-8-18-33-29(31)32)28(37)26(23-9-4-2-5-10-23)24-11-6-3-7-12-24/h2-7,9-12,14-17,25-26H,8,13,18-19H2,1H3,(H2,30,36)(H4,31,32,33)/t25-/m1/s1. The summed E-state index contributed by atoms with van der Waals surface area (Å²) < 4.78 is 0. The Balaban J connectivity index is 2.03. The number of hydrogen-bond acceptors (Lipinski definition) is 4. The molecule has 0 bridgehead atoms. The van der Waals surface area contributed by atoms with Gasteiger partial charge in [-0.3, -0.25) is 19.4 Å². The summed E-state index contributed by atoms with van der Waals surface area (Å²) >= 11 is 0. The van der Waals surface area contributed by atoms with Crippen molar-refractivity contribution in [3.05, 3.63) is 107 Å². The summed E-state index contributed by atoms with van der Waals surface area (Å²) in [5.74, 6) is -1.60. The fourth-order valence-corrected chi connectivity index (χ4v) is 4.26. The van der Waals surface area contributed by atoms with Crippen LogP contribution in [0.15, 0.2) is 89.9 Å². The summed E-state index contributed by atoms with van der Waals surface area (Å²) in [5, 5.41) is 0. The Labute approximate surface area is 217 Å². The molecule has 3 aromatic carbocycles. The van der Waals surface area contributed by atoms with Crippen LogP contribution in [0.2, 0.25) is 0 Å². The Hall–Kier alpha value is -4.46. The highest BCUT2D eigenvalue weighted by Gasteiger charge is 2.34. The Kier molecular flexibility index (Phi) is 9.55. The van der Waals surface area contributed by atoms with Crippen LogP contribution in [-0.2, 0) is 16.1 Å². The second-order valence-electron chi connectivity index (χ2n) is 8.84. The van der Waals surface area contributed by atoms with E-state index in [0.717, 1.165) is 16.7 Å². The number of rotatable bonds is 12. The molecule has 0 aromatic heterocycles. The average molecular weight is 500 g/mol. The fraction of sp³-hybridized carbons (Fsp3) is 0.241. The van der Waals surface area contributed by atoms with Crippen molar-refractivity contribution in [1.29, 1.82) is 0 Å². The van der Waals surface area contributed by atoms with Gasteiger partial charge in [0.1, 0.15) is 6.04 Å². The van der Waals surface area contributed by atoms with Gasteiger partial charge in [-0.25, -0.2) is 0 Å². The van der Waals surface area contributed by atoms with Crippen molar-refractivity contribution in [3.8, 4) is 0 Å². The first-order valence-electron chi connectivity index (χ1n) is 12.1. The molecule has 0 saturated heterocycles. The van der Waals surface area contributed by atoms with Gasteiger partial charge in [-0.15, -0.1) is 0 Å². The molecule has 0 spiro atoms. The van der Waals surface area contributed by atoms with Crippen molar-refractivity contribution in [2.45, 2.75) is 38.3 Å². The summed E-state index contributed by atoms with van der Waals surface area (Å²) in [6, 6.07) is 25.0. The smallest absolute Gasteiger partial charge is 0.240 e. The van der Waals surface area contributed by atoms with Gasteiger partial charge in [0.2, 0.25) is 11.8 Å². The molecule has 37 heavy (non-hydrogen) atoms. The van der Waals surface area contributed by atoms with Crippen LogP contribution >= 0.6 is 0 Å². The van der Waals surface area contributed by atoms with Crippen molar-refractivity contribution in [2.24, 2.45) is 22.2 Å². The van der Waals surface area contributed by atoms with Gasteiger partial charge >= 0.3 is 0 Å². The molecule has 0 fully saturated rings. The SMILES string of the molecule is CC(=O)c1ccc(CN(C(=O)C(c2ccccc2)c2ccccc2)[C@H](CCCN=C(N)N)C(N)=O)cc1. The second kappa shape index (κ2) is 13.0. The first-order chi connectivity index (χ1) is 17.8. The molecule has 0 aliphatic carbocycles. The van der Waals surface area contributed by atoms with E-state index >= 15 is 0 Å². The van der Waals surface area contributed by atoms with Gasteiger partial charge in [-0.05, 0) is 36.5 Å². The number of aliphatic imine (C=N–C) groups is 1. The number of carbonyl (C=O) groups is 3. The lowest BCUT2D eigenvalue weighted by molar-refractivity contribution is -0.141. The zero-order valence-electron chi connectivity index (χ0n) is 20.9. The molecular formula is C29H33N5O3. The van der Waals surface area contributed by atoms with E-state index in [1.807, 2.05) is 60.7 Å². The van der Waals surface area contributed by atoms with Crippen molar-refractivity contribution in [3.63, 3.8) is 0 Å². The maximum atomic E-state index is 14.3. The second-order valence-corrected chi connectivity index (χ2v) is 8.84. The third-order valence-corrected chi connectivity index (χ3v) is 6.14. The van der Waals surface area contributed by atoms with Crippen LogP contribution in [0.5, 0.6) is 0 Å². The number of Topliss-reactive ketones (excluding diaryl/α,β-unsaturated/α-hetero) is 1. The van der Waals surface area contributed by atoms with Gasteiger partial charge in [0.25, 0.3) is 0 Å². The summed E-state index contributed by atoms with van der Waals surface area (Å²) in [4.78, 5) is 44.3. The highest BCUT2D eigenvalue weighted by Crippen LogP contribution is 2.29. The lowest BCUT2D eigenvalue weighted by Crippen LogP contribution is -2.49. The van der Waals surface area contributed by atoms with Gasteiger partial charge in [0.05, 0.1) is 5.92 Å². The first-order valence-corrected chi connectivity index (χ1v) is 12.1. The molecule has 2 amide bonds. The summed E-state index contributed by atoms with van der Waals surface area (Å²) in [5.41, 5.74) is 19.7. The lowest BCUT2D eigenvalue weighted by atomic mass is 9.89. The fourth-order valence-electron chi connectivity index (χ4n) is 4.26. The molecule has 3 rings (SSSR count). The zero-order valence-corrected chi connectivity index (χ0v) is 20.9. The average Bonchev–Trinajstić information content (AvgIpc) is 2.89. The molecule has 0 aliphatic rings. The minimum atomic E-state index is -0.885. The number of amides is 2. The van der Waals surface area contributed by atoms with E-state index in [9.17, 15) is 14.4 Å². The predicted molar refractivity (Wildman–Crippen MR) is 145 cm³/mol. The molecule has 8 nitrogen and oxygen atoms in total. The predicted octanol–water partition coefficient (Wildman–Crippen LogP) is 2.96. The van der Waals surface area contributed by atoms with Gasteiger partial charge in [-0.1, -0.05) is 84.9 Å². The van der Waals surface area contributed by atoms with Crippen LogP contribution in [0, 0.1) is 0 Å². The molecule has 3 aromatic rings. The van der Waals surface area contributed by atoms with Crippen LogP contribution in [0.25, 0.3) is 0 Å². The van der Waals surface area contributed by atoms with Crippen LogP contribution < -0.4 is 17.2 Å². The molecule has 1 atom stereocenters. The number of ketones is 1. The minimum absolute atomic E-state index is 0.0395. The summed E-state index contributed by atoms with van der Waals surface area (Å²) in [6.45, 7) is 1.94. The first kappa shape index (κ1) is 27.1. The molecule has 192 valence electrons. The number of benzene rings is 3. The third kappa shape index (κ3) is 7.51. The molecule has 0 radical (unpaired) electrons. The normalized spacial score (nSPS) is 11.5. The number of carbonyl (C=O) groups excluding carboxylic acids is 3. The lowest BCUT2D eigenvalue weighted by Gasteiger charge is -2.33. The Morgan fingerprint density at radius 2 is 1.35 bits per heavy atom. The van der Waals surface area contributed by atoms with E-state index in [1.165, 1.54) is 11.8 Å². The van der Waals surface area contributed by atoms with Crippen molar-refractivity contribution < 1.29 is 14.4 Å². The van der Waals surface area contributed by atoms with E-state index in [1.54, 1.807) is 24.3 Å². The number of guanidine groups is 1. The summed E-state index contributed by atoms with van der Waals surface area (Å²) in [7, 11) is 0. The molecule has 0 unspecified atom stereocenters. The number of nitrogens with two attached hydrogens (primary N) is 3. The molecule has 8 heteroatoms. The van der Waals surface area contributed by atoms with Gasteiger partial charge in [-0.2, -0.15) is 0 Å². The van der Waals surface area contributed by atoms with Gasteiger partial charge in [0, 0.05) is 18.7 Å². The van der Waals surface area contributed by atoms with Crippen LogP contribution in [-0.4, -0.2) is 41.0 Å². The van der Waals surface area contributed by atoms with Crippen molar-refractivity contribution in [1.82, 2.24) is 4.90 Å². The van der Waals surface area contributed by atoms with Crippen LogP contribution in [0.1, 0.15) is 52.7 Å². The van der Waals surface area contributed by atoms with Gasteiger partial charge in [0.15, 0.2) is 11.7 Å². The Bertz CT molecular complexity index is 1180. The van der Waals surface area contributed by atoms with E-state index in [2.05, 4.69) is 4.99 Å². The highest BCUT2D eigenvalue weighted by atomic mass is 16.2. The monoisotopic (exact) mass is 499 g/mol. The number of nitrogens with zero attached hydrogens (tertiary/aromatic N) is 2. The molecule has 6 N–H and O–H groups in total. The third-order valence-electron chi connectivity index (χ3n) is 6.14. The molecule has 0 saturated carbocycles. The minimum Gasteiger partial charge on any atom is -0.370 e. The molecule has 0 aliphatic heterocycles. The van der Waals surface area contributed by atoms with Crippen molar-refractivity contribution >= 4 is 23.6 Å². The number of primary amides is 1. The zero-order chi connectivity index (χ0) is 26.8. The van der Waals surface area contributed by atoms with E-state index in [-0.39, 0.29) is 24.2 Å². The van der Waals surface area contributed by atoms with Crippen LogP contribution in [0.3, 0.4) is 0 Å². The van der Waals surface area contributed by atoms with Gasteiger partial charge < -0.3 is 22.1 Å². The Morgan fingerprint density at radius 3 is 1.81 bits per heavy atom. The van der Waals surface area contributed by atoms with Crippen molar-refractivity contribution in [2.75, 3.05) is 6.54 Å². The van der Waals surface area contributed by atoms with E-state index < -0.39 is 17.9 Å². The molecular weight excluding hydrogens is 466 g/mol. The Morgan fingerprint density at radius 1 is 0.811 bits per heavy atom. The van der Waals surface area contributed by atoms with E-state index in [4.69, 9.17) is 17.2 Å². The van der Waals surface area contributed by atoms with Crippen LogP contribution in [0.4, 0.5) is 0 Å². The quantitative estimate of drug-likeness (QED) is 0.152. The highest BCUT2D eigenvalue weighted by molar-refractivity contribution is 5.94. The summed E-state index contributed by atoms with van der Waals surface area (Å²) in [6.07, 6.45) is 0.750. The largest absolute Gasteiger partial charge is 0.370 e. The maximum absolute atomic E-state index is 14.3. The van der Waals surface area contributed by atoms with E-state index in [0.29, 0.717) is 24.9 Å². The number of hydrogen-bond donors (Lipinski definition) is 3. The molecule has 0 heterocycles.